The molecule has 54 heavy (non-hydrogen) atoms. The highest BCUT2D eigenvalue weighted by atomic mass is 14.8. The predicted molar refractivity (Wildman–Crippen MR) is 251 cm³/mol. The highest BCUT2D eigenvalue weighted by Crippen LogP contribution is 2.16. The molecule has 0 aliphatic carbocycles. The molecule has 0 saturated heterocycles. The van der Waals surface area contributed by atoms with Gasteiger partial charge in [0.05, 0.1) is 0 Å². The third kappa shape index (κ3) is 58.6. The van der Waals surface area contributed by atoms with Crippen molar-refractivity contribution in [2.45, 2.75) is 316 Å². The van der Waals surface area contributed by atoms with Crippen LogP contribution in [0.3, 0.4) is 0 Å². The first kappa shape index (κ1) is 56.0. The summed E-state index contributed by atoms with van der Waals surface area (Å²) < 4.78 is 0. The zero-order chi connectivity index (χ0) is 39.4. The SMILES string of the molecule is CCCCCCCCCCCCCCCCCCN.CCCCCCCCCCCCCCCCCNCCCCCCCCCCCCCCCCC. The van der Waals surface area contributed by atoms with Gasteiger partial charge >= 0.3 is 0 Å². The van der Waals surface area contributed by atoms with Gasteiger partial charge in [-0.1, -0.05) is 297 Å². The van der Waals surface area contributed by atoms with Gasteiger partial charge in [0, 0.05) is 0 Å². The number of hydrogen-bond donors (Lipinski definition) is 2. The van der Waals surface area contributed by atoms with E-state index in [9.17, 15) is 0 Å². The van der Waals surface area contributed by atoms with Gasteiger partial charge in [0.1, 0.15) is 0 Å². The van der Waals surface area contributed by atoms with Crippen LogP contribution in [-0.2, 0) is 0 Å². The molecule has 0 aliphatic rings. The van der Waals surface area contributed by atoms with Crippen LogP contribution in [0.1, 0.15) is 316 Å². The maximum atomic E-state index is 5.48. The lowest BCUT2D eigenvalue weighted by Crippen LogP contribution is -2.16. The molecule has 0 atom stereocenters. The molecule has 0 aliphatic heterocycles. The normalized spacial score (nSPS) is 11.3. The molecule has 3 N–H and O–H groups in total. The molecule has 0 saturated carbocycles. The lowest BCUT2D eigenvalue weighted by Gasteiger charge is -2.06. The molecule has 0 fully saturated rings. The highest BCUT2D eigenvalue weighted by molar-refractivity contribution is 4.55. The summed E-state index contributed by atoms with van der Waals surface area (Å²) in [5.41, 5.74) is 5.48. The van der Waals surface area contributed by atoms with E-state index in [4.69, 9.17) is 5.73 Å². The van der Waals surface area contributed by atoms with Crippen LogP contribution in [0.5, 0.6) is 0 Å². The molecule has 2 nitrogen and oxygen atoms in total. The van der Waals surface area contributed by atoms with Gasteiger partial charge in [-0.25, -0.2) is 0 Å². The van der Waals surface area contributed by atoms with E-state index in [1.165, 1.54) is 308 Å². The van der Waals surface area contributed by atoms with E-state index in [1.807, 2.05) is 0 Å². The molecule has 0 rings (SSSR count). The first-order chi connectivity index (χ1) is 26.8. The Morgan fingerprint density at radius 2 is 0.352 bits per heavy atom. The molecule has 2 heteroatoms. The third-order valence-corrected chi connectivity index (χ3v) is 12.0. The standard InChI is InChI=1S/C34H71N.C18H39N/c1-3-5-7-9-11-13-15-17-19-21-23-25-27-29-31-33-35-34-32-30-28-26-24-22-20-18-16-14-12-10-8-6-4-2;1-2-3-4-5-6-7-8-9-10-11-12-13-14-15-16-17-18-19/h35H,3-34H2,1-2H3;2-19H2,1H3. The summed E-state index contributed by atoms with van der Waals surface area (Å²) in [5, 5.41) is 3.68. The van der Waals surface area contributed by atoms with Crippen LogP contribution in [0.2, 0.25) is 0 Å². The number of unbranched alkanes of at least 4 members (excludes halogenated alkanes) is 43. The molecule has 0 unspecified atom stereocenters. The Hall–Kier alpha value is -0.0800. The van der Waals surface area contributed by atoms with E-state index >= 15 is 0 Å². The fourth-order valence-electron chi connectivity index (χ4n) is 8.06. The third-order valence-electron chi connectivity index (χ3n) is 12.0. The molecule has 0 radical (unpaired) electrons. The molecule has 0 spiro atoms. The summed E-state index contributed by atoms with van der Waals surface area (Å²) in [7, 11) is 0. The second kappa shape index (κ2) is 57.2. The van der Waals surface area contributed by atoms with E-state index < -0.39 is 0 Å². The van der Waals surface area contributed by atoms with Crippen molar-refractivity contribution in [3.8, 4) is 0 Å². The Morgan fingerprint density at radius 1 is 0.204 bits per heavy atom. The maximum absolute atomic E-state index is 5.48. The fraction of sp³-hybridized carbons (Fsp3) is 1.00. The van der Waals surface area contributed by atoms with Crippen LogP contribution in [-0.4, -0.2) is 19.6 Å². The maximum Gasteiger partial charge on any atom is -0.00489 e. The average Bonchev–Trinajstić information content (AvgIpc) is 3.18. The largest absolute Gasteiger partial charge is 0.330 e. The molecule has 328 valence electrons. The minimum Gasteiger partial charge on any atom is -0.330 e. The summed E-state index contributed by atoms with van der Waals surface area (Å²) in [5.74, 6) is 0. The smallest absolute Gasteiger partial charge is 0.00489 e. The van der Waals surface area contributed by atoms with E-state index in [0.29, 0.717) is 0 Å². The van der Waals surface area contributed by atoms with Gasteiger partial charge in [-0.3, -0.25) is 0 Å². The van der Waals surface area contributed by atoms with Crippen LogP contribution in [0, 0.1) is 0 Å². The van der Waals surface area contributed by atoms with E-state index in [1.54, 1.807) is 0 Å². The molecular weight excluding hydrogens is 653 g/mol. The zero-order valence-corrected chi connectivity index (χ0v) is 38.7. The number of nitrogens with two attached hydrogens (primary N) is 1. The second-order valence-corrected chi connectivity index (χ2v) is 17.7. The van der Waals surface area contributed by atoms with Crippen molar-refractivity contribution in [2.75, 3.05) is 19.6 Å². The van der Waals surface area contributed by atoms with Crippen molar-refractivity contribution < 1.29 is 0 Å². The molecule has 0 bridgehead atoms. The van der Waals surface area contributed by atoms with Gasteiger partial charge in [-0.2, -0.15) is 0 Å². The Morgan fingerprint density at radius 3 is 0.519 bits per heavy atom. The predicted octanol–water partition coefficient (Wildman–Crippen LogP) is 18.5. The summed E-state index contributed by atoms with van der Waals surface area (Å²) in [6.45, 7) is 10.3. The van der Waals surface area contributed by atoms with Crippen LogP contribution in [0.15, 0.2) is 0 Å². The lowest BCUT2D eigenvalue weighted by atomic mass is 10.0. The van der Waals surface area contributed by atoms with Crippen molar-refractivity contribution in [1.29, 1.82) is 0 Å². The van der Waals surface area contributed by atoms with E-state index in [-0.39, 0.29) is 0 Å². The van der Waals surface area contributed by atoms with Crippen molar-refractivity contribution in [3.63, 3.8) is 0 Å². The first-order valence-electron chi connectivity index (χ1n) is 26.2. The second-order valence-electron chi connectivity index (χ2n) is 17.7. The topological polar surface area (TPSA) is 38.0 Å². The lowest BCUT2D eigenvalue weighted by molar-refractivity contribution is 0.516. The summed E-state index contributed by atoms with van der Waals surface area (Å²) >= 11 is 0. The van der Waals surface area contributed by atoms with Crippen molar-refractivity contribution in [2.24, 2.45) is 5.73 Å². The number of nitrogens with one attached hydrogen (secondary N) is 1. The minimum atomic E-state index is 0.873. The van der Waals surface area contributed by atoms with Gasteiger partial charge in [-0.05, 0) is 38.9 Å². The van der Waals surface area contributed by atoms with Gasteiger partial charge in [0.25, 0.3) is 0 Å². The van der Waals surface area contributed by atoms with Crippen molar-refractivity contribution >= 4 is 0 Å². The van der Waals surface area contributed by atoms with Crippen LogP contribution in [0.25, 0.3) is 0 Å². The van der Waals surface area contributed by atoms with E-state index in [0.717, 1.165) is 6.54 Å². The average molecular weight is 763 g/mol. The van der Waals surface area contributed by atoms with Gasteiger partial charge in [0.15, 0.2) is 0 Å². The Kier molecular flexibility index (Phi) is 59.4. The minimum absolute atomic E-state index is 0.873. The summed E-state index contributed by atoms with van der Waals surface area (Å²) in [4.78, 5) is 0. The number of hydrogen-bond acceptors (Lipinski definition) is 2. The monoisotopic (exact) mass is 763 g/mol. The van der Waals surface area contributed by atoms with Gasteiger partial charge in [0.2, 0.25) is 0 Å². The molecule has 0 aromatic carbocycles. The molecule has 0 aromatic heterocycles. The Labute approximate surface area is 345 Å². The highest BCUT2D eigenvalue weighted by Gasteiger charge is 1.98. The fourth-order valence-corrected chi connectivity index (χ4v) is 8.06. The van der Waals surface area contributed by atoms with Gasteiger partial charge in [-0.15, -0.1) is 0 Å². The molecule has 0 amide bonds. The van der Waals surface area contributed by atoms with Crippen LogP contribution >= 0.6 is 0 Å². The Bertz CT molecular complexity index is 529. The molecule has 0 aromatic rings. The van der Waals surface area contributed by atoms with Crippen LogP contribution < -0.4 is 11.1 Å². The van der Waals surface area contributed by atoms with E-state index in [2.05, 4.69) is 26.1 Å². The number of rotatable bonds is 48. The Balaban J connectivity index is 0. The van der Waals surface area contributed by atoms with Crippen molar-refractivity contribution in [3.05, 3.63) is 0 Å². The summed E-state index contributed by atoms with van der Waals surface area (Å²) in [6.07, 6.45) is 66.6. The van der Waals surface area contributed by atoms with Crippen molar-refractivity contribution in [1.82, 2.24) is 5.32 Å². The molecular formula is C52H110N2. The quantitative estimate of drug-likeness (QED) is 0.0606. The summed E-state index contributed by atoms with van der Waals surface area (Å²) in [6, 6.07) is 0. The van der Waals surface area contributed by atoms with Crippen LogP contribution in [0.4, 0.5) is 0 Å². The molecule has 0 heterocycles. The first-order valence-corrected chi connectivity index (χ1v) is 26.2. The zero-order valence-electron chi connectivity index (χ0n) is 38.7. The van der Waals surface area contributed by atoms with Gasteiger partial charge < -0.3 is 11.1 Å².